The van der Waals surface area contributed by atoms with Gasteiger partial charge in [0, 0.05) is 49.8 Å². The molecule has 1 aromatic carbocycles. The van der Waals surface area contributed by atoms with E-state index in [1.54, 1.807) is 18.2 Å². The Morgan fingerprint density at radius 2 is 1.79 bits per heavy atom. The van der Waals surface area contributed by atoms with Gasteiger partial charge in [-0.05, 0) is 69.3 Å². The molecule has 1 aliphatic heterocycles. The van der Waals surface area contributed by atoms with Gasteiger partial charge in [-0.1, -0.05) is 6.92 Å². The topological polar surface area (TPSA) is 98.4 Å². The third-order valence-corrected chi connectivity index (χ3v) is 7.85. The first kappa shape index (κ1) is 24.7. The molecule has 0 aliphatic carbocycles. The van der Waals surface area contributed by atoms with E-state index >= 15 is 0 Å². The zero-order chi connectivity index (χ0) is 24.2. The van der Waals surface area contributed by atoms with Crippen LogP contribution in [-0.4, -0.2) is 61.3 Å². The lowest BCUT2D eigenvalue weighted by molar-refractivity contribution is -0.112. The number of hydrogen-bond acceptors (Lipinski definition) is 5. The van der Waals surface area contributed by atoms with Crippen LogP contribution in [0, 0.1) is 25.2 Å². The SMILES string of the molecule is CCCn1c(C)cc(/C=C(/C#N)C(=O)Nc2ccc(S(=O)(=O)N3CCN(C)CC3)cc2)c1C. The van der Waals surface area contributed by atoms with Crippen molar-refractivity contribution in [1.82, 2.24) is 13.8 Å². The predicted octanol–water partition coefficient (Wildman–Crippen LogP) is 3.00. The number of anilines is 1. The molecule has 0 radical (unpaired) electrons. The molecule has 1 amide bonds. The summed E-state index contributed by atoms with van der Waals surface area (Å²) in [7, 11) is -1.61. The highest BCUT2D eigenvalue weighted by Gasteiger charge is 2.27. The number of benzene rings is 1. The summed E-state index contributed by atoms with van der Waals surface area (Å²) in [5.74, 6) is -0.535. The van der Waals surface area contributed by atoms with Crippen molar-refractivity contribution in [2.24, 2.45) is 0 Å². The molecular weight excluding hydrogens is 438 g/mol. The number of carbonyl (C=O) groups excluding carboxylic acids is 1. The van der Waals surface area contributed by atoms with Crippen molar-refractivity contribution < 1.29 is 13.2 Å². The number of rotatable bonds is 7. The van der Waals surface area contributed by atoms with Gasteiger partial charge in [-0.3, -0.25) is 4.79 Å². The van der Waals surface area contributed by atoms with Crippen LogP contribution in [0.2, 0.25) is 0 Å². The minimum atomic E-state index is -3.58. The molecule has 1 N–H and O–H groups in total. The van der Waals surface area contributed by atoms with Crippen LogP contribution in [-0.2, 0) is 21.4 Å². The third-order valence-electron chi connectivity index (χ3n) is 5.94. The number of hydrogen-bond donors (Lipinski definition) is 1. The Kier molecular flexibility index (Phi) is 7.74. The number of aromatic nitrogens is 1. The smallest absolute Gasteiger partial charge is 0.266 e. The Morgan fingerprint density at radius 1 is 1.15 bits per heavy atom. The minimum absolute atomic E-state index is 0.0131. The van der Waals surface area contributed by atoms with Crippen LogP contribution in [0.4, 0.5) is 5.69 Å². The highest BCUT2D eigenvalue weighted by atomic mass is 32.2. The zero-order valence-corrected chi connectivity index (χ0v) is 20.4. The fourth-order valence-corrected chi connectivity index (χ4v) is 5.35. The van der Waals surface area contributed by atoms with Gasteiger partial charge in [0.15, 0.2) is 0 Å². The van der Waals surface area contributed by atoms with Gasteiger partial charge < -0.3 is 14.8 Å². The van der Waals surface area contributed by atoms with E-state index in [-0.39, 0.29) is 10.5 Å². The first-order chi connectivity index (χ1) is 15.7. The van der Waals surface area contributed by atoms with E-state index in [0.29, 0.717) is 31.9 Å². The molecular formula is C24H31N5O3S. The normalized spacial score (nSPS) is 15.9. The first-order valence-corrected chi connectivity index (χ1v) is 12.5. The molecule has 1 aromatic heterocycles. The highest BCUT2D eigenvalue weighted by molar-refractivity contribution is 7.89. The van der Waals surface area contributed by atoms with E-state index < -0.39 is 15.9 Å². The minimum Gasteiger partial charge on any atom is -0.349 e. The number of nitrogens with zero attached hydrogens (tertiary/aromatic N) is 4. The molecule has 8 nitrogen and oxygen atoms in total. The molecule has 1 saturated heterocycles. The molecule has 0 spiro atoms. The Labute approximate surface area is 196 Å². The molecule has 2 aromatic rings. The van der Waals surface area contributed by atoms with Gasteiger partial charge in [-0.25, -0.2) is 8.42 Å². The Morgan fingerprint density at radius 3 is 2.36 bits per heavy atom. The molecule has 9 heteroatoms. The number of nitriles is 1. The van der Waals surface area contributed by atoms with E-state index in [2.05, 4.69) is 21.7 Å². The largest absolute Gasteiger partial charge is 0.349 e. The van der Waals surface area contributed by atoms with Crippen molar-refractivity contribution >= 4 is 27.7 Å². The maximum Gasteiger partial charge on any atom is 0.266 e. The average Bonchev–Trinajstić information content (AvgIpc) is 3.05. The van der Waals surface area contributed by atoms with E-state index in [9.17, 15) is 18.5 Å². The second-order valence-corrected chi connectivity index (χ2v) is 10.3. The molecule has 1 fully saturated rings. The summed E-state index contributed by atoms with van der Waals surface area (Å²) < 4.78 is 29.4. The molecule has 0 unspecified atom stereocenters. The van der Waals surface area contributed by atoms with Gasteiger partial charge in [0.2, 0.25) is 10.0 Å². The van der Waals surface area contributed by atoms with Crippen LogP contribution >= 0.6 is 0 Å². The fourth-order valence-electron chi connectivity index (χ4n) is 3.93. The highest BCUT2D eigenvalue weighted by Crippen LogP contribution is 2.22. The summed E-state index contributed by atoms with van der Waals surface area (Å²) in [6.07, 6.45) is 2.58. The standard InChI is InChI=1S/C24H31N5O3S/c1-5-10-29-18(2)15-20(19(29)3)16-21(17-25)24(30)26-22-6-8-23(9-7-22)33(31,32)28-13-11-27(4)12-14-28/h6-9,15-16H,5,10-14H2,1-4H3,(H,26,30)/b21-16-. The lowest BCUT2D eigenvalue weighted by Gasteiger charge is -2.31. The quantitative estimate of drug-likeness (QED) is 0.497. The van der Waals surface area contributed by atoms with E-state index in [4.69, 9.17) is 0 Å². The lowest BCUT2D eigenvalue weighted by Crippen LogP contribution is -2.46. The number of amides is 1. The van der Waals surface area contributed by atoms with Crippen molar-refractivity contribution in [2.45, 2.75) is 38.6 Å². The van der Waals surface area contributed by atoms with Crippen LogP contribution < -0.4 is 5.32 Å². The van der Waals surface area contributed by atoms with Gasteiger partial charge in [0.25, 0.3) is 5.91 Å². The molecule has 33 heavy (non-hydrogen) atoms. The van der Waals surface area contributed by atoms with Crippen molar-refractivity contribution in [1.29, 1.82) is 5.26 Å². The van der Waals surface area contributed by atoms with E-state index in [0.717, 1.165) is 29.9 Å². The van der Waals surface area contributed by atoms with E-state index in [1.165, 1.54) is 16.4 Å². The van der Waals surface area contributed by atoms with Gasteiger partial charge >= 0.3 is 0 Å². The predicted molar refractivity (Wildman–Crippen MR) is 129 cm³/mol. The monoisotopic (exact) mass is 469 g/mol. The van der Waals surface area contributed by atoms with Crippen LogP contribution in [0.1, 0.15) is 30.3 Å². The second-order valence-electron chi connectivity index (χ2n) is 8.33. The van der Waals surface area contributed by atoms with Crippen molar-refractivity contribution in [3.63, 3.8) is 0 Å². The number of likely N-dealkylation sites (N-methyl/N-ethyl adjacent to an activating group) is 1. The average molecular weight is 470 g/mol. The molecule has 1 aliphatic rings. The van der Waals surface area contributed by atoms with Crippen molar-refractivity contribution in [3.05, 3.63) is 52.9 Å². The van der Waals surface area contributed by atoms with Crippen LogP contribution in [0.3, 0.4) is 0 Å². The number of sulfonamides is 1. The molecule has 3 rings (SSSR count). The third kappa shape index (κ3) is 5.53. The Bertz CT molecular complexity index is 1180. The lowest BCUT2D eigenvalue weighted by atomic mass is 10.1. The van der Waals surface area contributed by atoms with Crippen molar-refractivity contribution in [2.75, 3.05) is 38.5 Å². The van der Waals surface area contributed by atoms with Crippen molar-refractivity contribution in [3.8, 4) is 6.07 Å². The summed E-state index contributed by atoms with van der Waals surface area (Å²) in [5, 5.41) is 12.2. The van der Waals surface area contributed by atoms with Gasteiger partial charge in [0.1, 0.15) is 11.6 Å². The molecule has 0 saturated carbocycles. The number of carbonyl (C=O) groups is 1. The maximum absolute atomic E-state index is 12.9. The van der Waals surface area contributed by atoms with Crippen LogP contribution in [0.25, 0.3) is 6.08 Å². The number of piperazine rings is 1. The van der Waals surface area contributed by atoms with Gasteiger partial charge in [-0.2, -0.15) is 9.57 Å². The second kappa shape index (κ2) is 10.3. The summed E-state index contributed by atoms with van der Waals surface area (Å²) >= 11 is 0. The molecule has 0 bridgehead atoms. The maximum atomic E-state index is 12.9. The molecule has 2 heterocycles. The van der Waals surface area contributed by atoms with E-state index in [1.807, 2.05) is 33.0 Å². The Hall–Kier alpha value is -2.93. The zero-order valence-electron chi connectivity index (χ0n) is 19.6. The Balaban J connectivity index is 1.74. The van der Waals surface area contributed by atoms with Crippen LogP contribution in [0.15, 0.2) is 40.8 Å². The summed E-state index contributed by atoms with van der Waals surface area (Å²) in [6, 6.07) is 10.00. The number of aryl methyl sites for hydroxylation is 1. The van der Waals surface area contributed by atoms with Gasteiger partial charge in [0.05, 0.1) is 4.90 Å². The molecule has 0 atom stereocenters. The fraction of sp³-hybridized carbons (Fsp3) is 0.417. The van der Waals surface area contributed by atoms with Crippen LogP contribution in [0.5, 0.6) is 0 Å². The first-order valence-electron chi connectivity index (χ1n) is 11.1. The molecule has 176 valence electrons. The summed E-state index contributed by atoms with van der Waals surface area (Å²) in [4.78, 5) is 15.0. The van der Waals surface area contributed by atoms with Gasteiger partial charge in [-0.15, -0.1) is 0 Å². The summed E-state index contributed by atoms with van der Waals surface area (Å²) in [5.41, 5.74) is 3.33. The summed E-state index contributed by atoms with van der Waals surface area (Å²) in [6.45, 7) is 9.24. The number of nitrogens with one attached hydrogen (secondary N) is 1.